The number of hydrogen-bond acceptors (Lipinski definition) is 6. The molecule has 0 amide bonds. The van der Waals surface area contributed by atoms with Crippen molar-refractivity contribution < 1.29 is 9.47 Å². The van der Waals surface area contributed by atoms with E-state index in [0.717, 1.165) is 29.0 Å². The van der Waals surface area contributed by atoms with E-state index in [4.69, 9.17) is 21.1 Å². The van der Waals surface area contributed by atoms with Crippen LogP contribution < -0.4 is 20.1 Å². The lowest BCUT2D eigenvalue weighted by molar-refractivity contribution is 0.410. The fraction of sp³-hybridized carbons (Fsp3) is 0.238. The number of methoxy groups -OCH3 is 2. The molecule has 0 aliphatic heterocycles. The average Bonchev–Trinajstić information content (AvgIpc) is 2.71. The van der Waals surface area contributed by atoms with Crippen LogP contribution in [-0.2, 0) is 6.42 Å². The molecule has 0 saturated heterocycles. The van der Waals surface area contributed by atoms with Crippen LogP contribution in [0.3, 0.4) is 0 Å². The molecule has 1 heterocycles. The monoisotopic (exact) mass is 398 g/mol. The van der Waals surface area contributed by atoms with Crippen LogP contribution >= 0.6 is 11.6 Å². The minimum Gasteiger partial charge on any atom is -0.496 e. The van der Waals surface area contributed by atoms with Gasteiger partial charge in [0.1, 0.15) is 17.3 Å². The first-order valence-electron chi connectivity index (χ1n) is 8.90. The van der Waals surface area contributed by atoms with Crippen molar-refractivity contribution in [1.82, 2.24) is 9.97 Å². The van der Waals surface area contributed by atoms with Crippen molar-refractivity contribution in [3.63, 3.8) is 0 Å². The highest BCUT2D eigenvalue weighted by atomic mass is 35.5. The van der Waals surface area contributed by atoms with Gasteiger partial charge >= 0.3 is 0 Å². The Morgan fingerprint density at radius 3 is 2.61 bits per heavy atom. The van der Waals surface area contributed by atoms with Crippen molar-refractivity contribution >= 4 is 29.1 Å². The maximum absolute atomic E-state index is 6.17. The van der Waals surface area contributed by atoms with E-state index in [1.165, 1.54) is 0 Å². The molecule has 0 aliphatic rings. The van der Waals surface area contributed by atoms with Crippen molar-refractivity contribution in [3.8, 4) is 11.5 Å². The number of hydrogen-bond donors (Lipinski definition) is 2. The predicted octanol–water partition coefficient (Wildman–Crippen LogP) is 4.85. The molecule has 0 unspecified atom stereocenters. The third kappa shape index (κ3) is 4.84. The molecule has 3 rings (SSSR count). The van der Waals surface area contributed by atoms with Crippen LogP contribution in [0.15, 0.2) is 48.7 Å². The molecule has 0 spiro atoms. The van der Waals surface area contributed by atoms with E-state index in [9.17, 15) is 0 Å². The average molecular weight is 399 g/mol. The molecule has 7 heteroatoms. The zero-order valence-corrected chi connectivity index (χ0v) is 16.9. The Balaban J connectivity index is 1.67. The Bertz CT molecular complexity index is 949. The molecular weight excluding hydrogens is 376 g/mol. The van der Waals surface area contributed by atoms with Crippen molar-refractivity contribution in [2.24, 2.45) is 0 Å². The molecule has 6 nitrogen and oxygen atoms in total. The van der Waals surface area contributed by atoms with Gasteiger partial charge in [0, 0.05) is 23.8 Å². The maximum Gasteiger partial charge on any atom is 0.224 e. The van der Waals surface area contributed by atoms with Gasteiger partial charge in [-0.2, -0.15) is 4.98 Å². The summed E-state index contributed by atoms with van der Waals surface area (Å²) in [6.07, 6.45) is 2.51. The summed E-state index contributed by atoms with van der Waals surface area (Å²) < 4.78 is 10.8. The SMILES string of the molecule is COc1ccccc1CCNc1nccc(Nc2cc(C)c(Cl)cc2OC)n1. The predicted molar refractivity (Wildman–Crippen MR) is 113 cm³/mol. The normalized spacial score (nSPS) is 10.4. The number of halogens is 1. The van der Waals surface area contributed by atoms with Crippen LogP contribution in [0.4, 0.5) is 17.5 Å². The summed E-state index contributed by atoms with van der Waals surface area (Å²) in [5, 5.41) is 7.17. The third-order valence-electron chi connectivity index (χ3n) is 4.27. The Morgan fingerprint density at radius 1 is 1.04 bits per heavy atom. The van der Waals surface area contributed by atoms with E-state index < -0.39 is 0 Å². The van der Waals surface area contributed by atoms with Crippen molar-refractivity contribution in [2.45, 2.75) is 13.3 Å². The standard InChI is InChI=1S/C21H23ClN4O2/c1-14-12-17(19(28-3)13-16(14)22)25-20-9-11-24-21(26-20)23-10-8-15-6-4-5-7-18(15)27-2/h4-7,9,11-13H,8,10H2,1-3H3,(H2,23,24,25,26). The van der Waals surface area contributed by atoms with Gasteiger partial charge in [0.25, 0.3) is 0 Å². The molecule has 0 aliphatic carbocycles. The molecular formula is C21H23ClN4O2. The number of benzene rings is 2. The molecule has 28 heavy (non-hydrogen) atoms. The molecule has 3 aromatic rings. The fourth-order valence-corrected chi connectivity index (χ4v) is 2.95. The van der Waals surface area contributed by atoms with Gasteiger partial charge in [-0.3, -0.25) is 0 Å². The number of rotatable bonds is 8. The van der Waals surface area contributed by atoms with Gasteiger partial charge in [-0.1, -0.05) is 29.8 Å². The quantitative estimate of drug-likeness (QED) is 0.565. The van der Waals surface area contributed by atoms with E-state index in [1.54, 1.807) is 32.5 Å². The second-order valence-corrected chi connectivity index (χ2v) is 6.59. The molecule has 2 aromatic carbocycles. The summed E-state index contributed by atoms with van der Waals surface area (Å²) in [4.78, 5) is 8.80. The number of anilines is 3. The largest absolute Gasteiger partial charge is 0.496 e. The summed E-state index contributed by atoms with van der Waals surface area (Å²) in [5.41, 5.74) is 2.88. The second-order valence-electron chi connectivity index (χ2n) is 6.18. The zero-order valence-electron chi connectivity index (χ0n) is 16.1. The molecule has 0 saturated carbocycles. The lowest BCUT2D eigenvalue weighted by atomic mass is 10.1. The van der Waals surface area contributed by atoms with Gasteiger partial charge in [-0.15, -0.1) is 0 Å². The summed E-state index contributed by atoms with van der Waals surface area (Å²) in [6, 6.07) is 13.5. The molecule has 0 bridgehead atoms. The van der Waals surface area contributed by atoms with Crippen LogP contribution in [0.25, 0.3) is 0 Å². The summed E-state index contributed by atoms with van der Waals surface area (Å²) >= 11 is 6.17. The van der Waals surface area contributed by atoms with Crippen LogP contribution in [0.5, 0.6) is 11.5 Å². The second kappa shape index (κ2) is 9.28. The number of nitrogens with one attached hydrogen (secondary N) is 2. The Morgan fingerprint density at radius 2 is 1.82 bits per heavy atom. The van der Waals surface area contributed by atoms with E-state index in [1.807, 2.05) is 31.2 Å². The molecule has 0 radical (unpaired) electrons. The van der Waals surface area contributed by atoms with Gasteiger partial charge in [-0.05, 0) is 42.7 Å². The lowest BCUT2D eigenvalue weighted by Gasteiger charge is -2.13. The van der Waals surface area contributed by atoms with Gasteiger partial charge < -0.3 is 20.1 Å². The minimum atomic E-state index is 0.546. The summed E-state index contributed by atoms with van der Waals surface area (Å²) in [7, 11) is 3.29. The van der Waals surface area contributed by atoms with E-state index in [-0.39, 0.29) is 0 Å². The minimum absolute atomic E-state index is 0.546. The van der Waals surface area contributed by atoms with E-state index in [2.05, 4.69) is 26.7 Å². The van der Waals surface area contributed by atoms with Crippen molar-refractivity contribution in [1.29, 1.82) is 0 Å². The van der Waals surface area contributed by atoms with Crippen LogP contribution in [0, 0.1) is 6.92 Å². The third-order valence-corrected chi connectivity index (χ3v) is 4.68. The number of para-hydroxylation sites is 1. The van der Waals surface area contributed by atoms with Gasteiger partial charge in [0.05, 0.1) is 19.9 Å². The molecule has 1 aromatic heterocycles. The van der Waals surface area contributed by atoms with Crippen LogP contribution in [0.1, 0.15) is 11.1 Å². The van der Waals surface area contributed by atoms with Crippen molar-refractivity contribution in [2.75, 3.05) is 31.4 Å². The first kappa shape index (κ1) is 19.8. The van der Waals surface area contributed by atoms with E-state index in [0.29, 0.717) is 29.1 Å². The fourth-order valence-electron chi connectivity index (χ4n) is 2.80. The number of aromatic nitrogens is 2. The molecule has 0 atom stereocenters. The van der Waals surface area contributed by atoms with Gasteiger partial charge in [-0.25, -0.2) is 4.98 Å². The number of nitrogens with zero attached hydrogens (tertiary/aromatic N) is 2. The first-order chi connectivity index (χ1) is 13.6. The highest BCUT2D eigenvalue weighted by Crippen LogP contribution is 2.32. The number of ether oxygens (including phenoxy) is 2. The maximum atomic E-state index is 6.17. The van der Waals surface area contributed by atoms with Crippen LogP contribution in [0.2, 0.25) is 5.02 Å². The lowest BCUT2D eigenvalue weighted by Crippen LogP contribution is -2.09. The van der Waals surface area contributed by atoms with Gasteiger partial charge in [0.2, 0.25) is 5.95 Å². The Labute approximate surface area is 169 Å². The van der Waals surface area contributed by atoms with Crippen molar-refractivity contribution in [3.05, 3.63) is 64.8 Å². The molecule has 146 valence electrons. The summed E-state index contributed by atoms with van der Waals surface area (Å²) in [6.45, 7) is 2.63. The van der Waals surface area contributed by atoms with E-state index >= 15 is 0 Å². The van der Waals surface area contributed by atoms with Gasteiger partial charge in [0.15, 0.2) is 0 Å². The first-order valence-corrected chi connectivity index (χ1v) is 9.28. The summed E-state index contributed by atoms with van der Waals surface area (Å²) in [5.74, 6) is 2.74. The highest BCUT2D eigenvalue weighted by Gasteiger charge is 2.09. The Hall–Kier alpha value is -2.99. The zero-order chi connectivity index (χ0) is 19.9. The smallest absolute Gasteiger partial charge is 0.224 e. The molecule has 0 fully saturated rings. The number of aryl methyl sites for hydroxylation is 1. The topological polar surface area (TPSA) is 68.3 Å². The molecule has 2 N–H and O–H groups in total. The Kier molecular flexibility index (Phi) is 6.55. The van der Waals surface area contributed by atoms with Crippen LogP contribution in [-0.4, -0.2) is 30.7 Å². The highest BCUT2D eigenvalue weighted by molar-refractivity contribution is 6.31.